The Labute approximate surface area is 129 Å². The van der Waals surface area contributed by atoms with Crippen LogP contribution in [0.1, 0.15) is 5.82 Å². The first-order valence-electron chi connectivity index (χ1n) is 5.92. The summed E-state index contributed by atoms with van der Waals surface area (Å²) < 4.78 is 2.56. The van der Waals surface area contributed by atoms with Gasteiger partial charge in [0.2, 0.25) is 0 Å². The first-order valence-corrected chi connectivity index (χ1v) is 7.09. The monoisotopic (exact) mass is 351 g/mol. The Bertz CT molecular complexity index is 799. The fraction of sp³-hybridized carbons (Fsp3) is 0.154. The Morgan fingerprint density at radius 2 is 2.10 bits per heavy atom. The van der Waals surface area contributed by atoms with E-state index in [0.29, 0.717) is 16.7 Å². The normalized spacial score (nSPS) is 11.0. The average molecular weight is 353 g/mol. The quantitative estimate of drug-likeness (QED) is 0.761. The van der Waals surface area contributed by atoms with Crippen molar-refractivity contribution in [3.63, 3.8) is 0 Å². The van der Waals surface area contributed by atoms with Crippen LogP contribution in [0.4, 0.5) is 11.5 Å². The minimum absolute atomic E-state index is 0.615. The summed E-state index contributed by atoms with van der Waals surface area (Å²) in [7, 11) is 1.88. The first kappa shape index (κ1) is 13.3. The lowest BCUT2D eigenvalue weighted by atomic mass is 10.2. The molecule has 3 rings (SSSR count). The van der Waals surface area contributed by atoms with E-state index >= 15 is 0 Å². The van der Waals surface area contributed by atoms with Gasteiger partial charge in [-0.05, 0) is 35.0 Å². The van der Waals surface area contributed by atoms with Crippen molar-refractivity contribution in [1.82, 2.24) is 19.7 Å². The molecule has 20 heavy (non-hydrogen) atoms. The number of benzene rings is 1. The number of fused-ring (bicyclic) bond motifs is 1. The van der Waals surface area contributed by atoms with Gasteiger partial charge in [-0.2, -0.15) is 5.10 Å². The number of nitrogens with zero attached hydrogens (tertiary/aromatic N) is 4. The molecule has 102 valence electrons. The van der Waals surface area contributed by atoms with Crippen molar-refractivity contribution in [1.29, 1.82) is 0 Å². The smallest absolute Gasteiger partial charge is 0.148 e. The second kappa shape index (κ2) is 5.03. The van der Waals surface area contributed by atoms with Crippen molar-refractivity contribution in [3.8, 4) is 0 Å². The summed E-state index contributed by atoms with van der Waals surface area (Å²) in [4.78, 5) is 8.50. The first-order chi connectivity index (χ1) is 9.56. The zero-order valence-electron chi connectivity index (χ0n) is 10.9. The third-order valence-electron chi connectivity index (χ3n) is 2.96. The highest BCUT2D eigenvalue weighted by molar-refractivity contribution is 9.10. The van der Waals surface area contributed by atoms with Crippen LogP contribution in [-0.2, 0) is 7.05 Å². The largest absolute Gasteiger partial charge is 0.336 e. The maximum absolute atomic E-state index is 6.31. The Kier molecular flexibility index (Phi) is 3.35. The molecule has 0 aliphatic rings. The molecule has 3 aromatic rings. The van der Waals surface area contributed by atoms with Crippen LogP contribution >= 0.6 is 27.5 Å². The Balaban J connectivity index is 2.17. The summed E-state index contributed by atoms with van der Waals surface area (Å²) in [6.45, 7) is 1.84. The van der Waals surface area contributed by atoms with E-state index in [0.717, 1.165) is 21.1 Å². The third kappa shape index (κ3) is 2.25. The standard InChI is InChI=1S/C13H11BrClN5/c1-7-16-6-9(14)13(18-7)19-11-10(15)4-3-8-5-17-20(2)12(8)11/h3-6H,1-2H3,(H,16,18,19). The lowest BCUT2D eigenvalue weighted by molar-refractivity contribution is 0.797. The average Bonchev–Trinajstić information content (AvgIpc) is 2.79. The molecule has 2 aromatic heterocycles. The molecule has 0 spiro atoms. The topological polar surface area (TPSA) is 55.6 Å². The van der Waals surface area contributed by atoms with E-state index < -0.39 is 0 Å². The van der Waals surface area contributed by atoms with Crippen LogP contribution < -0.4 is 5.32 Å². The zero-order chi connectivity index (χ0) is 14.3. The van der Waals surface area contributed by atoms with Crippen LogP contribution in [0.25, 0.3) is 10.9 Å². The highest BCUT2D eigenvalue weighted by Gasteiger charge is 2.13. The molecule has 1 aromatic carbocycles. The van der Waals surface area contributed by atoms with Gasteiger partial charge in [-0.25, -0.2) is 9.97 Å². The molecule has 0 atom stereocenters. The fourth-order valence-electron chi connectivity index (χ4n) is 2.02. The molecular formula is C13H11BrClN5. The molecule has 5 nitrogen and oxygen atoms in total. The van der Waals surface area contributed by atoms with Crippen LogP contribution in [0.15, 0.2) is 29.0 Å². The number of aromatic nitrogens is 4. The van der Waals surface area contributed by atoms with Crippen molar-refractivity contribution in [2.75, 3.05) is 5.32 Å². The van der Waals surface area contributed by atoms with Gasteiger partial charge in [0.05, 0.1) is 26.9 Å². The van der Waals surface area contributed by atoms with Crippen LogP contribution in [0, 0.1) is 6.92 Å². The van der Waals surface area contributed by atoms with Crippen molar-refractivity contribution in [2.24, 2.45) is 7.05 Å². The van der Waals surface area contributed by atoms with Crippen molar-refractivity contribution in [2.45, 2.75) is 6.92 Å². The molecule has 0 radical (unpaired) electrons. The summed E-state index contributed by atoms with van der Waals surface area (Å²) in [6, 6.07) is 3.78. The Hall–Kier alpha value is -1.66. The summed E-state index contributed by atoms with van der Waals surface area (Å²) in [5.41, 5.74) is 1.71. The summed E-state index contributed by atoms with van der Waals surface area (Å²) in [5, 5.41) is 9.14. The number of anilines is 2. The van der Waals surface area contributed by atoms with Gasteiger partial charge in [0.1, 0.15) is 11.6 Å². The molecule has 1 N–H and O–H groups in total. The third-order valence-corrected chi connectivity index (χ3v) is 3.86. The highest BCUT2D eigenvalue weighted by Crippen LogP contribution is 2.34. The van der Waals surface area contributed by atoms with Gasteiger partial charge in [-0.3, -0.25) is 4.68 Å². The summed E-state index contributed by atoms with van der Waals surface area (Å²) in [6.07, 6.45) is 3.51. The van der Waals surface area contributed by atoms with E-state index in [1.54, 1.807) is 17.1 Å². The minimum atomic E-state index is 0.615. The predicted molar refractivity (Wildman–Crippen MR) is 83.5 cm³/mol. The Morgan fingerprint density at radius 3 is 2.90 bits per heavy atom. The van der Waals surface area contributed by atoms with Gasteiger partial charge in [-0.15, -0.1) is 0 Å². The van der Waals surface area contributed by atoms with E-state index in [4.69, 9.17) is 11.6 Å². The second-order valence-corrected chi connectivity index (χ2v) is 5.63. The number of rotatable bonds is 2. The maximum Gasteiger partial charge on any atom is 0.148 e. The molecule has 2 heterocycles. The van der Waals surface area contributed by atoms with Crippen LogP contribution in [-0.4, -0.2) is 19.7 Å². The van der Waals surface area contributed by atoms with Gasteiger partial charge < -0.3 is 5.32 Å². The SMILES string of the molecule is Cc1ncc(Br)c(Nc2c(Cl)ccc3cnn(C)c23)n1. The molecule has 0 unspecified atom stereocenters. The predicted octanol–water partition coefficient (Wildman–Crippen LogP) is 3.83. The van der Waals surface area contributed by atoms with Gasteiger partial charge in [0.25, 0.3) is 0 Å². The molecular weight excluding hydrogens is 342 g/mol. The molecule has 7 heteroatoms. The van der Waals surface area contributed by atoms with Crippen molar-refractivity contribution in [3.05, 3.63) is 39.8 Å². The van der Waals surface area contributed by atoms with Crippen molar-refractivity contribution >= 4 is 49.9 Å². The molecule has 0 saturated heterocycles. The van der Waals surface area contributed by atoms with Gasteiger partial charge in [0, 0.05) is 18.6 Å². The Morgan fingerprint density at radius 1 is 1.30 bits per heavy atom. The van der Waals surface area contributed by atoms with E-state index in [-0.39, 0.29) is 0 Å². The van der Waals surface area contributed by atoms with Crippen LogP contribution in [0.2, 0.25) is 5.02 Å². The number of nitrogens with one attached hydrogen (secondary N) is 1. The molecule has 0 aliphatic heterocycles. The minimum Gasteiger partial charge on any atom is -0.336 e. The number of hydrogen-bond donors (Lipinski definition) is 1. The lowest BCUT2D eigenvalue weighted by Gasteiger charge is -2.11. The zero-order valence-corrected chi connectivity index (χ0v) is 13.2. The number of aryl methyl sites for hydroxylation is 2. The molecule has 0 amide bonds. The molecule has 0 bridgehead atoms. The number of halogens is 2. The van der Waals surface area contributed by atoms with Gasteiger partial charge >= 0.3 is 0 Å². The van der Waals surface area contributed by atoms with Gasteiger partial charge in [-0.1, -0.05) is 11.6 Å². The summed E-state index contributed by atoms with van der Waals surface area (Å²) in [5.74, 6) is 1.36. The van der Waals surface area contributed by atoms with E-state index in [1.807, 2.05) is 26.1 Å². The molecule has 0 saturated carbocycles. The summed E-state index contributed by atoms with van der Waals surface area (Å²) >= 11 is 9.74. The van der Waals surface area contributed by atoms with Crippen LogP contribution in [0.5, 0.6) is 0 Å². The lowest BCUT2D eigenvalue weighted by Crippen LogP contribution is -2.01. The van der Waals surface area contributed by atoms with Crippen molar-refractivity contribution < 1.29 is 0 Å². The maximum atomic E-state index is 6.31. The number of hydrogen-bond acceptors (Lipinski definition) is 4. The van der Waals surface area contributed by atoms with E-state index in [2.05, 4.69) is 36.3 Å². The van der Waals surface area contributed by atoms with Crippen LogP contribution in [0.3, 0.4) is 0 Å². The van der Waals surface area contributed by atoms with E-state index in [1.165, 1.54) is 0 Å². The van der Waals surface area contributed by atoms with Gasteiger partial charge in [0.15, 0.2) is 0 Å². The second-order valence-electron chi connectivity index (χ2n) is 4.37. The molecule has 0 fully saturated rings. The van der Waals surface area contributed by atoms with E-state index in [9.17, 15) is 0 Å². The molecule has 0 aliphatic carbocycles. The highest BCUT2D eigenvalue weighted by atomic mass is 79.9. The fourth-order valence-corrected chi connectivity index (χ4v) is 2.51.